The van der Waals surface area contributed by atoms with E-state index >= 15 is 0 Å². The lowest BCUT2D eigenvalue weighted by Crippen LogP contribution is -2.42. The van der Waals surface area contributed by atoms with Crippen LogP contribution in [0.15, 0.2) is 0 Å². The lowest BCUT2D eigenvalue weighted by molar-refractivity contribution is -0.137. The van der Waals surface area contributed by atoms with Gasteiger partial charge >= 0.3 is 5.97 Å². The number of carbonyl (C=O) groups is 3. The number of carboxylic acid groups (broad SMARTS) is 1. The predicted molar refractivity (Wildman–Crippen MR) is 85.7 cm³/mol. The Labute approximate surface area is 137 Å². The minimum Gasteiger partial charge on any atom is -0.481 e. The van der Waals surface area contributed by atoms with E-state index in [0.29, 0.717) is 13.0 Å². The second-order valence-electron chi connectivity index (χ2n) is 6.83. The Morgan fingerprint density at radius 2 is 1.48 bits per heavy atom. The lowest BCUT2D eigenvalue weighted by Gasteiger charge is -2.29. The zero-order chi connectivity index (χ0) is 16.7. The van der Waals surface area contributed by atoms with Gasteiger partial charge in [0.2, 0.25) is 11.8 Å². The van der Waals surface area contributed by atoms with Crippen LogP contribution in [0.2, 0.25) is 0 Å². The van der Waals surface area contributed by atoms with Crippen LogP contribution in [0.1, 0.15) is 64.2 Å². The molecule has 0 aliphatic heterocycles. The Bertz CT molecular complexity index is 424. The van der Waals surface area contributed by atoms with Crippen LogP contribution in [0.4, 0.5) is 0 Å². The van der Waals surface area contributed by atoms with E-state index in [4.69, 9.17) is 5.11 Å². The minimum absolute atomic E-state index is 0.000499. The van der Waals surface area contributed by atoms with Crippen molar-refractivity contribution >= 4 is 17.8 Å². The SMILES string of the molecule is O=C(O)CCCNC(=O)C1CCC(NC(=O)C2CCCC2)CC1. The van der Waals surface area contributed by atoms with Crippen molar-refractivity contribution in [3.8, 4) is 0 Å². The summed E-state index contributed by atoms with van der Waals surface area (Å²) < 4.78 is 0. The number of hydrogen-bond donors (Lipinski definition) is 3. The number of carbonyl (C=O) groups excluding carboxylic acids is 2. The highest BCUT2D eigenvalue weighted by molar-refractivity contribution is 5.80. The number of amides is 2. The number of aliphatic carboxylic acids is 1. The van der Waals surface area contributed by atoms with Gasteiger partial charge in [-0.1, -0.05) is 12.8 Å². The van der Waals surface area contributed by atoms with Crippen molar-refractivity contribution in [2.24, 2.45) is 11.8 Å². The van der Waals surface area contributed by atoms with Gasteiger partial charge in [-0.25, -0.2) is 0 Å². The molecular weight excluding hydrogens is 296 g/mol. The monoisotopic (exact) mass is 324 g/mol. The van der Waals surface area contributed by atoms with Crippen LogP contribution in [0, 0.1) is 11.8 Å². The van der Waals surface area contributed by atoms with Crippen molar-refractivity contribution in [3.63, 3.8) is 0 Å². The summed E-state index contributed by atoms with van der Waals surface area (Å²) >= 11 is 0. The zero-order valence-corrected chi connectivity index (χ0v) is 13.7. The fraction of sp³-hybridized carbons (Fsp3) is 0.824. The summed E-state index contributed by atoms with van der Waals surface area (Å²) in [6, 6.07) is 0.208. The molecule has 2 saturated carbocycles. The molecule has 0 saturated heterocycles. The zero-order valence-electron chi connectivity index (χ0n) is 13.7. The van der Waals surface area contributed by atoms with Crippen molar-refractivity contribution in [2.75, 3.05) is 6.54 Å². The first-order valence-corrected chi connectivity index (χ1v) is 8.86. The molecule has 2 aliphatic rings. The van der Waals surface area contributed by atoms with Crippen LogP contribution in [0.3, 0.4) is 0 Å². The number of rotatable bonds is 7. The summed E-state index contributed by atoms with van der Waals surface area (Å²) in [7, 11) is 0. The topological polar surface area (TPSA) is 95.5 Å². The highest BCUT2D eigenvalue weighted by atomic mass is 16.4. The summed E-state index contributed by atoms with van der Waals surface area (Å²) in [4.78, 5) is 34.6. The van der Waals surface area contributed by atoms with Gasteiger partial charge in [0.25, 0.3) is 0 Å². The third kappa shape index (κ3) is 5.84. The largest absolute Gasteiger partial charge is 0.481 e. The molecule has 6 nitrogen and oxygen atoms in total. The Morgan fingerprint density at radius 1 is 0.870 bits per heavy atom. The van der Waals surface area contributed by atoms with Crippen LogP contribution >= 0.6 is 0 Å². The van der Waals surface area contributed by atoms with Gasteiger partial charge in [0.05, 0.1) is 0 Å². The van der Waals surface area contributed by atoms with Gasteiger partial charge in [0, 0.05) is 30.8 Å². The Morgan fingerprint density at radius 3 is 2.09 bits per heavy atom. The van der Waals surface area contributed by atoms with Crippen molar-refractivity contribution < 1.29 is 19.5 Å². The van der Waals surface area contributed by atoms with E-state index in [-0.39, 0.29) is 36.1 Å². The standard InChI is InChI=1S/C17H28N2O4/c20-15(21)6-3-11-18-16(22)13-7-9-14(10-8-13)19-17(23)12-4-1-2-5-12/h12-14H,1-11H2,(H,18,22)(H,19,23)(H,20,21). The minimum atomic E-state index is -0.835. The average Bonchev–Trinajstić information content (AvgIpc) is 3.06. The number of carboxylic acids is 1. The molecule has 0 unspecified atom stereocenters. The molecule has 0 radical (unpaired) electrons. The van der Waals surface area contributed by atoms with Crippen LogP contribution in [0.5, 0.6) is 0 Å². The molecule has 3 N–H and O–H groups in total. The lowest BCUT2D eigenvalue weighted by atomic mass is 9.85. The second-order valence-corrected chi connectivity index (χ2v) is 6.83. The molecule has 0 heterocycles. The van der Waals surface area contributed by atoms with Gasteiger partial charge in [0.15, 0.2) is 0 Å². The van der Waals surface area contributed by atoms with Crippen LogP contribution < -0.4 is 10.6 Å². The van der Waals surface area contributed by atoms with Gasteiger partial charge in [-0.05, 0) is 44.9 Å². The molecule has 2 amide bonds. The molecule has 2 fully saturated rings. The maximum absolute atomic E-state index is 12.1. The van der Waals surface area contributed by atoms with E-state index in [9.17, 15) is 14.4 Å². The Balaban J connectivity index is 1.62. The Kier molecular flexibility index (Phi) is 6.86. The highest BCUT2D eigenvalue weighted by Crippen LogP contribution is 2.27. The molecule has 0 bridgehead atoms. The quantitative estimate of drug-likeness (QED) is 0.623. The molecule has 2 aliphatic carbocycles. The van der Waals surface area contributed by atoms with Crippen LogP contribution in [-0.2, 0) is 14.4 Å². The van der Waals surface area contributed by atoms with E-state index in [1.54, 1.807) is 0 Å². The molecule has 130 valence electrons. The highest BCUT2D eigenvalue weighted by Gasteiger charge is 2.29. The van der Waals surface area contributed by atoms with Crippen molar-refractivity contribution in [1.29, 1.82) is 0 Å². The Hall–Kier alpha value is -1.59. The van der Waals surface area contributed by atoms with Crippen LogP contribution in [0.25, 0.3) is 0 Å². The molecule has 6 heteroatoms. The fourth-order valence-corrected chi connectivity index (χ4v) is 3.60. The number of hydrogen-bond acceptors (Lipinski definition) is 3. The fourth-order valence-electron chi connectivity index (χ4n) is 3.60. The summed E-state index contributed by atoms with van der Waals surface area (Å²) in [6.07, 6.45) is 8.19. The smallest absolute Gasteiger partial charge is 0.303 e. The van der Waals surface area contributed by atoms with E-state index < -0.39 is 5.97 Å². The maximum atomic E-state index is 12.1. The molecular formula is C17H28N2O4. The first-order chi connectivity index (χ1) is 11.1. The molecule has 2 rings (SSSR count). The maximum Gasteiger partial charge on any atom is 0.303 e. The van der Waals surface area contributed by atoms with E-state index in [0.717, 1.165) is 51.4 Å². The van der Waals surface area contributed by atoms with Crippen molar-refractivity contribution in [1.82, 2.24) is 10.6 Å². The van der Waals surface area contributed by atoms with Gasteiger partial charge in [-0.2, -0.15) is 0 Å². The van der Waals surface area contributed by atoms with Crippen molar-refractivity contribution in [3.05, 3.63) is 0 Å². The first kappa shape index (κ1) is 17.8. The van der Waals surface area contributed by atoms with Crippen molar-refractivity contribution in [2.45, 2.75) is 70.3 Å². The third-order valence-electron chi connectivity index (χ3n) is 5.04. The van der Waals surface area contributed by atoms with Gasteiger partial charge < -0.3 is 15.7 Å². The molecule has 0 aromatic heterocycles. The molecule has 0 aromatic carbocycles. The van der Waals surface area contributed by atoms with E-state index in [1.165, 1.54) is 0 Å². The van der Waals surface area contributed by atoms with Gasteiger partial charge in [0.1, 0.15) is 0 Å². The molecule has 0 spiro atoms. The molecule has 0 aromatic rings. The normalized spacial score (nSPS) is 25.0. The van der Waals surface area contributed by atoms with Gasteiger partial charge in [-0.3, -0.25) is 14.4 Å². The molecule has 23 heavy (non-hydrogen) atoms. The summed E-state index contributed by atoms with van der Waals surface area (Å²) in [5.41, 5.74) is 0. The number of nitrogens with one attached hydrogen (secondary N) is 2. The van der Waals surface area contributed by atoms with E-state index in [1.807, 2.05) is 0 Å². The average molecular weight is 324 g/mol. The second kappa shape index (κ2) is 8.89. The predicted octanol–water partition coefficient (Wildman–Crippen LogP) is 1.83. The van der Waals surface area contributed by atoms with E-state index in [2.05, 4.69) is 10.6 Å². The first-order valence-electron chi connectivity index (χ1n) is 8.86. The van der Waals surface area contributed by atoms with Gasteiger partial charge in [-0.15, -0.1) is 0 Å². The summed E-state index contributed by atoms with van der Waals surface area (Å²) in [5, 5.41) is 14.5. The third-order valence-corrected chi connectivity index (χ3v) is 5.04. The molecule has 0 atom stereocenters. The van der Waals surface area contributed by atoms with Crippen LogP contribution in [-0.4, -0.2) is 35.5 Å². The summed E-state index contributed by atoms with van der Waals surface area (Å²) in [6.45, 7) is 0.420. The summed E-state index contributed by atoms with van der Waals surface area (Å²) in [5.74, 6) is -0.414.